The van der Waals surface area contributed by atoms with Crippen LogP contribution in [0.15, 0.2) is 23.7 Å². The summed E-state index contributed by atoms with van der Waals surface area (Å²) in [5.74, 6) is -0.305. The number of nitrogens with two attached hydrogens (primary N) is 1. The third kappa shape index (κ3) is 1.53. The first-order chi connectivity index (χ1) is 6.27. The molecule has 66 valence electrons. The molecule has 0 fully saturated rings. The van der Waals surface area contributed by atoms with E-state index >= 15 is 0 Å². The zero-order valence-corrected chi connectivity index (χ0v) is 7.67. The summed E-state index contributed by atoms with van der Waals surface area (Å²) >= 11 is 1.54. The van der Waals surface area contributed by atoms with Crippen LogP contribution < -0.4 is 5.73 Å². The largest absolute Gasteiger partial charge is 0.369 e. The monoisotopic (exact) mass is 192 g/mol. The van der Waals surface area contributed by atoms with Gasteiger partial charge in [0.15, 0.2) is 0 Å². The molecule has 4 heteroatoms. The van der Waals surface area contributed by atoms with Crippen molar-refractivity contribution < 1.29 is 4.79 Å². The van der Waals surface area contributed by atoms with Crippen molar-refractivity contribution in [2.75, 3.05) is 0 Å². The summed E-state index contributed by atoms with van der Waals surface area (Å²) in [7, 11) is 0. The minimum absolute atomic E-state index is 0.291. The fourth-order valence-electron chi connectivity index (χ4n) is 1.27. The van der Waals surface area contributed by atoms with E-state index in [4.69, 9.17) is 5.73 Å². The first kappa shape index (κ1) is 8.19. The summed E-state index contributed by atoms with van der Waals surface area (Å²) in [4.78, 5) is 14.9. The van der Waals surface area contributed by atoms with Crippen molar-refractivity contribution in [2.45, 2.75) is 6.42 Å². The van der Waals surface area contributed by atoms with E-state index in [1.165, 1.54) is 11.3 Å². The van der Waals surface area contributed by atoms with Crippen LogP contribution in [0.25, 0.3) is 10.2 Å². The fourth-order valence-corrected chi connectivity index (χ4v) is 2.08. The molecule has 0 saturated heterocycles. The molecule has 0 atom stereocenters. The van der Waals surface area contributed by atoms with Crippen LogP contribution in [0.2, 0.25) is 0 Å². The predicted octanol–water partition coefficient (Wildman–Crippen LogP) is 1.32. The van der Waals surface area contributed by atoms with Gasteiger partial charge in [-0.25, -0.2) is 4.98 Å². The molecule has 0 unspecified atom stereocenters. The summed E-state index contributed by atoms with van der Waals surface area (Å²) < 4.78 is 1.06. The van der Waals surface area contributed by atoms with E-state index in [2.05, 4.69) is 4.98 Å². The molecule has 0 aliphatic carbocycles. The number of thiazole rings is 1. The molecule has 2 aromatic rings. The Morgan fingerprint density at radius 2 is 2.38 bits per heavy atom. The molecule has 1 aromatic carbocycles. The van der Waals surface area contributed by atoms with Gasteiger partial charge in [-0.1, -0.05) is 12.1 Å². The number of hydrogen-bond acceptors (Lipinski definition) is 3. The molecule has 0 saturated carbocycles. The van der Waals surface area contributed by atoms with Gasteiger partial charge in [-0.2, -0.15) is 0 Å². The molecular formula is C9H8N2OS. The molecule has 1 heterocycles. The summed E-state index contributed by atoms with van der Waals surface area (Å²) in [5, 5.41) is 0. The summed E-state index contributed by atoms with van der Waals surface area (Å²) in [6, 6.07) is 5.72. The lowest BCUT2D eigenvalue weighted by Crippen LogP contribution is -2.13. The molecule has 0 aliphatic rings. The SMILES string of the molecule is NC(=O)Cc1cccc2ncsc12. The number of primary amides is 1. The maximum Gasteiger partial charge on any atom is 0.221 e. The zero-order valence-electron chi connectivity index (χ0n) is 6.86. The minimum atomic E-state index is -0.305. The molecule has 2 N–H and O–H groups in total. The molecule has 1 aromatic heterocycles. The lowest BCUT2D eigenvalue weighted by molar-refractivity contribution is -0.117. The van der Waals surface area contributed by atoms with E-state index in [0.717, 1.165) is 15.8 Å². The average Bonchev–Trinajstić information content (AvgIpc) is 2.51. The second-order valence-electron chi connectivity index (χ2n) is 2.76. The van der Waals surface area contributed by atoms with Crippen LogP contribution in [-0.4, -0.2) is 10.9 Å². The van der Waals surface area contributed by atoms with Crippen LogP contribution in [-0.2, 0) is 11.2 Å². The Labute approximate surface area is 79.2 Å². The first-order valence-electron chi connectivity index (χ1n) is 3.87. The molecule has 0 bridgehead atoms. The summed E-state index contributed by atoms with van der Waals surface area (Å²) in [6.07, 6.45) is 0.291. The van der Waals surface area contributed by atoms with Crippen LogP contribution in [0.3, 0.4) is 0 Å². The van der Waals surface area contributed by atoms with E-state index in [-0.39, 0.29) is 5.91 Å². The van der Waals surface area contributed by atoms with Gasteiger partial charge in [0, 0.05) is 0 Å². The number of amides is 1. The molecular weight excluding hydrogens is 184 g/mol. The molecule has 13 heavy (non-hydrogen) atoms. The highest BCUT2D eigenvalue weighted by Crippen LogP contribution is 2.22. The Morgan fingerprint density at radius 1 is 1.54 bits per heavy atom. The van der Waals surface area contributed by atoms with Gasteiger partial charge in [0.2, 0.25) is 5.91 Å². The lowest BCUT2D eigenvalue weighted by Gasteiger charge is -1.97. The van der Waals surface area contributed by atoms with Gasteiger partial charge in [-0.3, -0.25) is 4.79 Å². The van der Waals surface area contributed by atoms with E-state index in [1.807, 2.05) is 18.2 Å². The Kier molecular flexibility index (Phi) is 1.98. The Morgan fingerprint density at radius 3 is 3.15 bits per heavy atom. The highest BCUT2D eigenvalue weighted by molar-refractivity contribution is 7.16. The summed E-state index contributed by atoms with van der Waals surface area (Å²) in [6.45, 7) is 0. The van der Waals surface area contributed by atoms with E-state index < -0.39 is 0 Å². The lowest BCUT2D eigenvalue weighted by atomic mass is 10.1. The average molecular weight is 192 g/mol. The third-order valence-corrected chi connectivity index (χ3v) is 2.72. The third-order valence-electron chi connectivity index (χ3n) is 1.80. The second-order valence-corrected chi connectivity index (χ2v) is 3.62. The highest BCUT2D eigenvalue weighted by Gasteiger charge is 2.05. The number of hydrogen-bond donors (Lipinski definition) is 1. The number of aromatic nitrogens is 1. The van der Waals surface area contributed by atoms with Crippen molar-refractivity contribution in [1.82, 2.24) is 4.98 Å². The smallest absolute Gasteiger partial charge is 0.221 e. The molecule has 2 rings (SSSR count). The molecule has 3 nitrogen and oxygen atoms in total. The minimum Gasteiger partial charge on any atom is -0.369 e. The van der Waals surface area contributed by atoms with Gasteiger partial charge in [-0.15, -0.1) is 11.3 Å². The van der Waals surface area contributed by atoms with Crippen LogP contribution in [0.4, 0.5) is 0 Å². The topological polar surface area (TPSA) is 56.0 Å². The highest BCUT2D eigenvalue weighted by atomic mass is 32.1. The normalized spacial score (nSPS) is 10.5. The van der Waals surface area contributed by atoms with E-state index in [9.17, 15) is 4.79 Å². The number of nitrogens with zero attached hydrogens (tertiary/aromatic N) is 1. The van der Waals surface area contributed by atoms with Crippen LogP contribution in [0.1, 0.15) is 5.56 Å². The van der Waals surface area contributed by atoms with Gasteiger partial charge in [0.1, 0.15) is 0 Å². The first-order valence-corrected chi connectivity index (χ1v) is 4.75. The van der Waals surface area contributed by atoms with E-state index in [0.29, 0.717) is 6.42 Å². The predicted molar refractivity (Wildman–Crippen MR) is 52.5 cm³/mol. The van der Waals surface area contributed by atoms with Gasteiger partial charge in [0.25, 0.3) is 0 Å². The molecule has 0 radical (unpaired) electrons. The Hall–Kier alpha value is -1.42. The summed E-state index contributed by atoms with van der Waals surface area (Å²) in [5.41, 5.74) is 8.80. The van der Waals surface area contributed by atoms with E-state index in [1.54, 1.807) is 5.51 Å². The second kappa shape index (κ2) is 3.14. The standard InChI is InChI=1S/C9H8N2OS/c10-8(12)4-6-2-1-3-7-9(6)13-5-11-7/h1-3,5H,4H2,(H2,10,12). The Bertz CT molecular complexity index is 450. The van der Waals surface area contributed by atoms with Crippen molar-refractivity contribution in [1.29, 1.82) is 0 Å². The van der Waals surface area contributed by atoms with Crippen molar-refractivity contribution >= 4 is 27.5 Å². The van der Waals surface area contributed by atoms with Crippen molar-refractivity contribution in [3.8, 4) is 0 Å². The maximum atomic E-state index is 10.7. The van der Waals surface area contributed by atoms with Crippen LogP contribution >= 0.6 is 11.3 Å². The molecule has 0 aliphatic heterocycles. The molecule has 1 amide bonds. The maximum absolute atomic E-state index is 10.7. The van der Waals surface area contributed by atoms with Crippen molar-refractivity contribution in [3.05, 3.63) is 29.3 Å². The Balaban J connectivity index is 2.54. The zero-order chi connectivity index (χ0) is 9.26. The van der Waals surface area contributed by atoms with Crippen molar-refractivity contribution in [3.63, 3.8) is 0 Å². The number of benzene rings is 1. The van der Waals surface area contributed by atoms with Gasteiger partial charge in [-0.05, 0) is 11.6 Å². The fraction of sp³-hybridized carbons (Fsp3) is 0.111. The van der Waals surface area contributed by atoms with Gasteiger partial charge >= 0.3 is 0 Å². The van der Waals surface area contributed by atoms with Gasteiger partial charge in [0.05, 0.1) is 22.1 Å². The number of fused-ring (bicyclic) bond motifs is 1. The number of rotatable bonds is 2. The van der Waals surface area contributed by atoms with Crippen LogP contribution in [0, 0.1) is 0 Å². The van der Waals surface area contributed by atoms with Gasteiger partial charge < -0.3 is 5.73 Å². The number of carbonyl (C=O) groups is 1. The molecule has 0 spiro atoms. The quantitative estimate of drug-likeness (QED) is 0.780. The van der Waals surface area contributed by atoms with Crippen molar-refractivity contribution in [2.24, 2.45) is 5.73 Å². The van der Waals surface area contributed by atoms with Crippen LogP contribution in [0.5, 0.6) is 0 Å². The number of carbonyl (C=O) groups excluding carboxylic acids is 1.